The van der Waals surface area contributed by atoms with Crippen molar-refractivity contribution in [1.82, 2.24) is 5.32 Å². The molecule has 0 saturated heterocycles. The Balaban J connectivity index is 1.77. The summed E-state index contributed by atoms with van der Waals surface area (Å²) >= 11 is 0. The van der Waals surface area contributed by atoms with E-state index in [0.29, 0.717) is 5.56 Å². The third kappa shape index (κ3) is 3.57. The summed E-state index contributed by atoms with van der Waals surface area (Å²) in [4.78, 5) is 11.3. The highest BCUT2D eigenvalue weighted by Gasteiger charge is 2.27. The lowest BCUT2D eigenvalue weighted by atomic mass is 10.1. The van der Waals surface area contributed by atoms with Gasteiger partial charge < -0.3 is 10.1 Å². The van der Waals surface area contributed by atoms with Crippen LogP contribution in [0.3, 0.4) is 0 Å². The van der Waals surface area contributed by atoms with Gasteiger partial charge in [0.1, 0.15) is 0 Å². The van der Waals surface area contributed by atoms with Crippen molar-refractivity contribution in [2.75, 3.05) is 13.7 Å². The van der Waals surface area contributed by atoms with Gasteiger partial charge in [0.25, 0.3) is 0 Å². The molecule has 1 fully saturated rings. The van der Waals surface area contributed by atoms with Gasteiger partial charge in [0, 0.05) is 6.54 Å². The molecule has 1 aliphatic carbocycles. The summed E-state index contributed by atoms with van der Waals surface area (Å²) in [6.07, 6.45) is 2.80. The van der Waals surface area contributed by atoms with E-state index in [4.69, 9.17) is 0 Å². The summed E-state index contributed by atoms with van der Waals surface area (Å²) in [5, 5.41) is 3.47. The number of ether oxygens (including phenoxy) is 1. The number of benzene rings is 1. The van der Waals surface area contributed by atoms with E-state index < -0.39 is 0 Å². The van der Waals surface area contributed by atoms with Gasteiger partial charge in [-0.05, 0) is 48.9 Å². The molecule has 0 amide bonds. The van der Waals surface area contributed by atoms with Gasteiger partial charge in [-0.2, -0.15) is 0 Å². The van der Waals surface area contributed by atoms with Crippen LogP contribution in [0.1, 0.15) is 35.7 Å². The second-order valence-corrected chi connectivity index (χ2v) is 5.13. The van der Waals surface area contributed by atoms with Crippen LogP contribution < -0.4 is 5.32 Å². The Labute approximate surface area is 109 Å². The average molecular weight is 247 g/mol. The minimum absolute atomic E-state index is 0.281. The molecule has 1 saturated carbocycles. The van der Waals surface area contributed by atoms with Crippen LogP contribution in [0, 0.1) is 11.8 Å². The van der Waals surface area contributed by atoms with Crippen LogP contribution in [0.4, 0.5) is 0 Å². The molecule has 0 radical (unpaired) electrons. The van der Waals surface area contributed by atoms with E-state index in [1.807, 2.05) is 24.3 Å². The van der Waals surface area contributed by atoms with E-state index >= 15 is 0 Å². The Bertz CT molecular complexity index is 395. The molecule has 1 N–H and O–H groups in total. The van der Waals surface area contributed by atoms with Crippen LogP contribution >= 0.6 is 0 Å². The zero-order valence-corrected chi connectivity index (χ0v) is 11.1. The second kappa shape index (κ2) is 6.01. The number of methoxy groups -OCH3 is 1. The molecule has 0 bridgehead atoms. The fraction of sp³-hybridized carbons (Fsp3) is 0.533. The predicted octanol–water partition coefficient (Wildman–Crippen LogP) is 2.61. The van der Waals surface area contributed by atoms with Crippen LogP contribution in [0.2, 0.25) is 0 Å². The van der Waals surface area contributed by atoms with Crippen LogP contribution in [-0.2, 0) is 11.3 Å². The highest BCUT2D eigenvalue weighted by atomic mass is 16.5. The second-order valence-electron chi connectivity index (χ2n) is 5.13. The normalized spacial score (nSPS) is 16.3. The molecular weight excluding hydrogens is 226 g/mol. The van der Waals surface area contributed by atoms with Crippen LogP contribution in [0.25, 0.3) is 0 Å². The molecule has 0 spiro atoms. The first-order valence-electron chi connectivity index (χ1n) is 6.58. The van der Waals surface area contributed by atoms with Gasteiger partial charge in [0.2, 0.25) is 0 Å². The number of esters is 1. The average Bonchev–Trinajstić information content (AvgIpc) is 3.23. The summed E-state index contributed by atoms with van der Waals surface area (Å²) < 4.78 is 4.67. The monoisotopic (exact) mass is 247 g/mol. The number of rotatable bonds is 6. The molecule has 98 valence electrons. The fourth-order valence-electron chi connectivity index (χ4n) is 2.15. The maximum absolute atomic E-state index is 11.3. The van der Waals surface area contributed by atoms with Gasteiger partial charge in [0.15, 0.2) is 0 Å². The maximum Gasteiger partial charge on any atom is 0.337 e. The molecule has 18 heavy (non-hydrogen) atoms. The molecule has 2 rings (SSSR count). The van der Waals surface area contributed by atoms with Crippen molar-refractivity contribution in [3.05, 3.63) is 35.4 Å². The molecule has 1 unspecified atom stereocenters. The molecule has 0 aromatic heterocycles. The molecule has 0 aliphatic heterocycles. The minimum atomic E-state index is -0.281. The number of hydrogen-bond acceptors (Lipinski definition) is 3. The fourth-order valence-corrected chi connectivity index (χ4v) is 2.15. The third-order valence-corrected chi connectivity index (χ3v) is 3.60. The highest BCUT2D eigenvalue weighted by molar-refractivity contribution is 5.89. The van der Waals surface area contributed by atoms with Crippen molar-refractivity contribution in [1.29, 1.82) is 0 Å². The van der Waals surface area contributed by atoms with E-state index in [1.165, 1.54) is 25.5 Å². The Morgan fingerprint density at radius 1 is 1.39 bits per heavy atom. The SMILES string of the molecule is COC(=O)c1ccc(CNCC(C)C2CC2)cc1. The van der Waals surface area contributed by atoms with E-state index in [0.717, 1.165) is 24.9 Å². The first-order chi connectivity index (χ1) is 8.70. The highest BCUT2D eigenvalue weighted by Crippen LogP contribution is 2.36. The summed E-state index contributed by atoms with van der Waals surface area (Å²) in [5.74, 6) is 1.44. The summed E-state index contributed by atoms with van der Waals surface area (Å²) in [5.41, 5.74) is 1.80. The number of hydrogen-bond donors (Lipinski definition) is 1. The first-order valence-corrected chi connectivity index (χ1v) is 6.58. The summed E-state index contributed by atoms with van der Waals surface area (Å²) in [6, 6.07) is 7.57. The number of nitrogens with one attached hydrogen (secondary N) is 1. The van der Waals surface area contributed by atoms with Crippen molar-refractivity contribution >= 4 is 5.97 Å². The van der Waals surface area contributed by atoms with E-state index in [-0.39, 0.29) is 5.97 Å². The topological polar surface area (TPSA) is 38.3 Å². The summed E-state index contributed by atoms with van der Waals surface area (Å²) in [6.45, 7) is 4.24. The van der Waals surface area contributed by atoms with Crippen molar-refractivity contribution < 1.29 is 9.53 Å². The zero-order valence-electron chi connectivity index (χ0n) is 11.1. The van der Waals surface area contributed by atoms with Gasteiger partial charge in [-0.3, -0.25) is 0 Å². The Kier molecular flexibility index (Phi) is 4.37. The zero-order chi connectivity index (χ0) is 13.0. The van der Waals surface area contributed by atoms with Gasteiger partial charge in [-0.15, -0.1) is 0 Å². The first kappa shape index (κ1) is 13.1. The standard InChI is InChI=1S/C15H21NO2/c1-11(13-7-8-13)9-16-10-12-3-5-14(6-4-12)15(17)18-2/h3-6,11,13,16H,7-10H2,1-2H3. The van der Waals surface area contributed by atoms with Crippen molar-refractivity contribution in [3.8, 4) is 0 Å². The molecule has 1 aliphatic rings. The van der Waals surface area contributed by atoms with Gasteiger partial charge in [-0.1, -0.05) is 19.1 Å². The molecular formula is C15H21NO2. The quantitative estimate of drug-likeness (QED) is 0.785. The molecule has 1 aromatic carbocycles. The molecule has 3 heteroatoms. The Morgan fingerprint density at radius 2 is 2.06 bits per heavy atom. The lowest BCUT2D eigenvalue weighted by Crippen LogP contribution is -2.21. The molecule has 3 nitrogen and oxygen atoms in total. The third-order valence-electron chi connectivity index (χ3n) is 3.60. The van der Waals surface area contributed by atoms with E-state index in [2.05, 4.69) is 17.0 Å². The Hall–Kier alpha value is -1.35. The van der Waals surface area contributed by atoms with E-state index in [9.17, 15) is 4.79 Å². The smallest absolute Gasteiger partial charge is 0.337 e. The van der Waals surface area contributed by atoms with Gasteiger partial charge >= 0.3 is 5.97 Å². The predicted molar refractivity (Wildman–Crippen MR) is 71.4 cm³/mol. The lowest BCUT2D eigenvalue weighted by molar-refractivity contribution is 0.0600. The number of carbonyl (C=O) groups excluding carboxylic acids is 1. The lowest BCUT2D eigenvalue weighted by Gasteiger charge is -2.11. The molecule has 1 atom stereocenters. The van der Waals surface area contributed by atoms with Crippen molar-refractivity contribution in [3.63, 3.8) is 0 Å². The Morgan fingerprint density at radius 3 is 2.61 bits per heavy atom. The summed E-state index contributed by atoms with van der Waals surface area (Å²) in [7, 11) is 1.40. The molecule has 0 heterocycles. The molecule has 1 aromatic rings. The number of carbonyl (C=O) groups is 1. The van der Waals surface area contributed by atoms with Gasteiger partial charge in [0.05, 0.1) is 12.7 Å². The van der Waals surface area contributed by atoms with Crippen LogP contribution in [0.5, 0.6) is 0 Å². The maximum atomic E-state index is 11.3. The van der Waals surface area contributed by atoms with Crippen LogP contribution in [-0.4, -0.2) is 19.6 Å². The minimum Gasteiger partial charge on any atom is -0.465 e. The van der Waals surface area contributed by atoms with E-state index in [1.54, 1.807) is 0 Å². The van der Waals surface area contributed by atoms with Crippen molar-refractivity contribution in [2.24, 2.45) is 11.8 Å². The van der Waals surface area contributed by atoms with Crippen molar-refractivity contribution in [2.45, 2.75) is 26.3 Å². The van der Waals surface area contributed by atoms with Crippen LogP contribution in [0.15, 0.2) is 24.3 Å². The largest absolute Gasteiger partial charge is 0.465 e. The van der Waals surface area contributed by atoms with Gasteiger partial charge in [-0.25, -0.2) is 4.79 Å².